The Morgan fingerprint density at radius 3 is 2.28 bits per heavy atom. The van der Waals surface area contributed by atoms with E-state index in [9.17, 15) is 18.3 Å². The van der Waals surface area contributed by atoms with Gasteiger partial charge in [0.05, 0.1) is 36.4 Å². The highest BCUT2D eigenvalue weighted by molar-refractivity contribution is 7.91. The number of sulfone groups is 1. The van der Waals surface area contributed by atoms with E-state index in [1.165, 1.54) is 50.4 Å². The lowest BCUT2D eigenvalue weighted by molar-refractivity contribution is -0.227. The number of methoxy groups -OCH3 is 2. The number of carbonyl (C=O) groups excluding carboxylic acids is 1. The van der Waals surface area contributed by atoms with Crippen molar-refractivity contribution in [2.45, 2.75) is 110 Å². The van der Waals surface area contributed by atoms with E-state index in [4.69, 9.17) is 9.47 Å². The number of nitrogens with one attached hydrogen (secondary N) is 1. The molecule has 0 bridgehead atoms. The van der Waals surface area contributed by atoms with Crippen LogP contribution in [0, 0.1) is 51.2 Å². The second-order valence-electron chi connectivity index (χ2n) is 19.8. The molecule has 5 unspecified atom stereocenters. The third-order valence-corrected chi connectivity index (χ3v) is 18.8. The van der Waals surface area contributed by atoms with Gasteiger partial charge in [-0.1, -0.05) is 52.8 Å². The first kappa shape index (κ1) is 39.5. The van der Waals surface area contributed by atoms with E-state index in [0.29, 0.717) is 48.9 Å². The van der Waals surface area contributed by atoms with Crippen LogP contribution in [0.5, 0.6) is 0 Å². The number of rotatable bonds is 9. The minimum Gasteiger partial charge on any atom is -0.465 e. The van der Waals surface area contributed by atoms with Crippen molar-refractivity contribution < 1.29 is 27.8 Å². The molecule has 0 aromatic heterocycles. The predicted octanol–water partition coefficient (Wildman–Crippen LogP) is 7.02. The molecule has 9 heteroatoms. The lowest BCUT2D eigenvalue weighted by atomic mass is 9.32. The fourth-order valence-corrected chi connectivity index (χ4v) is 15.7. The molecule has 1 aliphatic heterocycles. The van der Waals surface area contributed by atoms with Gasteiger partial charge in [0.15, 0.2) is 9.84 Å². The summed E-state index contributed by atoms with van der Waals surface area (Å²) in [4.78, 5) is 14.5. The van der Waals surface area contributed by atoms with Crippen LogP contribution in [0.25, 0.3) is 5.57 Å². The summed E-state index contributed by atoms with van der Waals surface area (Å²) < 4.78 is 34.8. The summed E-state index contributed by atoms with van der Waals surface area (Å²) in [5.74, 6) is 2.44. The Morgan fingerprint density at radius 1 is 0.925 bits per heavy atom. The Hall–Kier alpha value is -1.78. The number of benzene rings is 1. The van der Waals surface area contributed by atoms with Gasteiger partial charge in [-0.15, -0.1) is 0 Å². The molecule has 5 aliphatic carbocycles. The first-order valence-corrected chi connectivity index (χ1v) is 22.5. The summed E-state index contributed by atoms with van der Waals surface area (Å²) in [7, 11) is 0.249. The summed E-state index contributed by atoms with van der Waals surface area (Å²) in [5.41, 5.74) is 2.83. The number of carbonyl (C=O) groups is 1. The number of esters is 1. The van der Waals surface area contributed by atoms with E-state index in [1.54, 1.807) is 7.11 Å². The number of fused-ring (bicyclic) bond motifs is 7. The van der Waals surface area contributed by atoms with Crippen molar-refractivity contribution in [2.75, 3.05) is 58.5 Å². The van der Waals surface area contributed by atoms with Crippen LogP contribution in [0.4, 0.5) is 0 Å². The molecular formula is C44H68N2O6S. The SMILES string of the molecule is COCC(C)(O)[C@@H]1CC[C@]2(NCCN3CCS(=O)(=O)CC3)CC[C@]3(C)C(CCC4[C@@]5(C)CC=C(c6ccc(C(=O)OC)cc6)C(C)(C)C5CC[C@]43C)C12. The van der Waals surface area contributed by atoms with Crippen molar-refractivity contribution in [1.29, 1.82) is 0 Å². The molecule has 5 fully saturated rings. The van der Waals surface area contributed by atoms with Gasteiger partial charge in [0.25, 0.3) is 0 Å². The lowest BCUT2D eigenvalue weighted by Gasteiger charge is -2.72. The Labute approximate surface area is 320 Å². The highest BCUT2D eigenvalue weighted by atomic mass is 32.2. The summed E-state index contributed by atoms with van der Waals surface area (Å²) in [6.07, 6.45) is 12.9. The van der Waals surface area contributed by atoms with E-state index in [0.717, 1.165) is 38.8 Å². The molecule has 0 amide bonds. The third-order valence-electron chi connectivity index (χ3n) is 17.2. The van der Waals surface area contributed by atoms with Crippen molar-refractivity contribution in [3.8, 4) is 0 Å². The van der Waals surface area contributed by atoms with Gasteiger partial charge in [-0.2, -0.15) is 0 Å². The molecule has 1 aromatic carbocycles. The highest BCUT2D eigenvalue weighted by Crippen LogP contribution is 2.76. The summed E-state index contributed by atoms with van der Waals surface area (Å²) >= 11 is 0. The second-order valence-corrected chi connectivity index (χ2v) is 22.1. The zero-order valence-corrected chi connectivity index (χ0v) is 34.7. The molecule has 1 heterocycles. The molecule has 53 heavy (non-hydrogen) atoms. The summed E-state index contributed by atoms with van der Waals surface area (Å²) in [6.45, 7) is 18.2. The minimum atomic E-state index is -2.90. The summed E-state index contributed by atoms with van der Waals surface area (Å²) in [5, 5.41) is 16.3. The Morgan fingerprint density at radius 2 is 1.62 bits per heavy atom. The average Bonchev–Trinajstić information content (AvgIpc) is 3.49. The van der Waals surface area contributed by atoms with Crippen molar-refractivity contribution in [3.63, 3.8) is 0 Å². The van der Waals surface area contributed by atoms with Crippen molar-refractivity contribution in [2.24, 2.45) is 51.2 Å². The molecule has 0 radical (unpaired) electrons. The number of allylic oxidation sites excluding steroid dienone is 2. The number of ether oxygens (including phenoxy) is 2. The molecule has 7 rings (SSSR count). The van der Waals surface area contributed by atoms with Crippen molar-refractivity contribution in [1.82, 2.24) is 10.2 Å². The Bertz CT molecular complexity index is 1670. The predicted molar refractivity (Wildman–Crippen MR) is 211 cm³/mol. The minimum absolute atomic E-state index is 0.00154. The molecule has 1 aromatic rings. The quantitative estimate of drug-likeness (QED) is 0.260. The smallest absolute Gasteiger partial charge is 0.337 e. The zero-order chi connectivity index (χ0) is 38.2. The molecule has 0 spiro atoms. The Balaban J connectivity index is 1.17. The number of hydrogen-bond acceptors (Lipinski definition) is 8. The van der Waals surface area contributed by atoms with Gasteiger partial charge >= 0.3 is 5.97 Å². The molecule has 1 saturated heterocycles. The molecule has 2 N–H and O–H groups in total. The maximum atomic E-state index is 12.2. The van der Waals surface area contributed by atoms with E-state index < -0.39 is 15.4 Å². The largest absolute Gasteiger partial charge is 0.465 e. The van der Waals surface area contributed by atoms with Gasteiger partial charge in [-0.05, 0) is 139 Å². The fourth-order valence-electron chi connectivity index (χ4n) is 14.4. The average molecular weight is 753 g/mol. The second kappa shape index (κ2) is 13.7. The topological polar surface area (TPSA) is 105 Å². The summed E-state index contributed by atoms with van der Waals surface area (Å²) in [6, 6.07) is 8.03. The molecular weight excluding hydrogens is 685 g/mol. The molecule has 4 saturated carbocycles. The highest BCUT2D eigenvalue weighted by Gasteiger charge is 2.71. The lowest BCUT2D eigenvalue weighted by Crippen LogP contribution is -2.69. The van der Waals surface area contributed by atoms with Crippen LogP contribution < -0.4 is 5.32 Å². The molecule has 8 nitrogen and oxygen atoms in total. The van der Waals surface area contributed by atoms with Crippen LogP contribution >= 0.6 is 0 Å². The standard InChI is InChI=1S/C44H68N2O6S/c1-39(2)32(30-9-11-31(12-10-30)38(47)52-8)15-18-40(3)35(39)17-19-42(5)36(40)14-13-33-37-34(43(6,48)29-51-7)16-20-44(37,22-21-41(33,42)4)45-23-24-46-25-27-53(49,50)28-26-46/h9-12,15,33-37,45,48H,13-14,16-29H2,1-8H3/t33?,34-,35?,36?,37?,40+,41-,42-,43?,44+/m1/s1. The van der Waals surface area contributed by atoms with Gasteiger partial charge in [-0.25, -0.2) is 13.2 Å². The first-order chi connectivity index (χ1) is 24.9. The van der Waals surface area contributed by atoms with E-state index in [1.807, 2.05) is 19.1 Å². The van der Waals surface area contributed by atoms with Crippen LogP contribution in [0.3, 0.4) is 0 Å². The monoisotopic (exact) mass is 752 g/mol. The fraction of sp³-hybridized carbons (Fsp3) is 0.795. The van der Waals surface area contributed by atoms with Crippen LogP contribution in [0.1, 0.15) is 115 Å². The van der Waals surface area contributed by atoms with Gasteiger partial charge in [0.1, 0.15) is 0 Å². The third kappa shape index (κ3) is 6.29. The first-order valence-electron chi connectivity index (χ1n) is 20.7. The van der Waals surface area contributed by atoms with Crippen LogP contribution in [0.2, 0.25) is 0 Å². The van der Waals surface area contributed by atoms with E-state index >= 15 is 0 Å². The van der Waals surface area contributed by atoms with Crippen LogP contribution in [-0.4, -0.2) is 94.0 Å². The molecule has 10 atom stereocenters. The normalized spacial score (nSPS) is 41.5. The van der Waals surface area contributed by atoms with E-state index in [-0.39, 0.29) is 50.6 Å². The van der Waals surface area contributed by atoms with E-state index in [2.05, 4.69) is 63.0 Å². The number of aliphatic hydroxyl groups is 1. The van der Waals surface area contributed by atoms with Gasteiger partial charge in [-0.3, -0.25) is 0 Å². The number of nitrogens with zero attached hydrogens (tertiary/aromatic N) is 1. The Kier molecular flexibility index (Phi) is 10.2. The van der Waals surface area contributed by atoms with Crippen LogP contribution in [0.15, 0.2) is 30.3 Å². The van der Waals surface area contributed by atoms with Crippen molar-refractivity contribution in [3.05, 3.63) is 41.5 Å². The van der Waals surface area contributed by atoms with Crippen LogP contribution in [-0.2, 0) is 19.3 Å². The molecule has 296 valence electrons. The maximum Gasteiger partial charge on any atom is 0.337 e. The maximum absolute atomic E-state index is 12.2. The molecule has 6 aliphatic rings. The number of hydrogen-bond donors (Lipinski definition) is 2. The van der Waals surface area contributed by atoms with Crippen molar-refractivity contribution >= 4 is 21.4 Å². The van der Waals surface area contributed by atoms with Gasteiger partial charge in [0, 0.05) is 38.8 Å². The van der Waals surface area contributed by atoms with Gasteiger partial charge in [0.2, 0.25) is 0 Å². The zero-order valence-electron chi connectivity index (χ0n) is 33.9. The van der Waals surface area contributed by atoms with Gasteiger partial charge < -0.3 is 24.8 Å².